The van der Waals surface area contributed by atoms with E-state index in [9.17, 15) is 9.59 Å². The second kappa shape index (κ2) is 10.8. The molecule has 2 amide bonds. The molecule has 0 saturated carbocycles. The first-order valence-corrected chi connectivity index (χ1v) is 9.83. The Morgan fingerprint density at radius 2 is 1.79 bits per heavy atom. The number of likely N-dealkylation sites (tertiary alicyclic amines) is 1. The molecule has 2 fully saturated rings. The number of hydrazone groups is 1. The van der Waals surface area contributed by atoms with E-state index in [1.54, 1.807) is 18.3 Å². The van der Waals surface area contributed by atoms with Gasteiger partial charge in [0, 0.05) is 26.2 Å². The Bertz CT molecular complexity index is 665. The van der Waals surface area contributed by atoms with Crippen LogP contribution < -0.4 is 10.2 Å². The SMILES string of the molecule is O=C(CN1CCOCC1)N/N=C\c1ccc(OCC(=O)N2CCCCC2)cc1. The average molecular weight is 388 g/mol. The number of nitrogens with zero attached hydrogens (tertiary/aromatic N) is 3. The van der Waals surface area contributed by atoms with Crippen LogP contribution in [-0.4, -0.2) is 80.4 Å². The second-order valence-corrected chi connectivity index (χ2v) is 6.98. The molecule has 152 valence electrons. The normalized spacial score (nSPS) is 18.2. The maximum absolute atomic E-state index is 12.1. The van der Waals surface area contributed by atoms with E-state index in [0.29, 0.717) is 25.5 Å². The lowest BCUT2D eigenvalue weighted by Crippen LogP contribution is -2.42. The largest absolute Gasteiger partial charge is 0.484 e. The molecular weight excluding hydrogens is 360 g/mol. The van der Waals surface area contributed by atoms with Crippen molar-refractivity contribution in [1.29, 1.82) is 0 Å². The van der Waals surface area contributed by atoms with Gasteiger partial charge in [0.15, 0.2) is 6.61 Å². The topological polar surface area (TPSA) is 83.5 Å². The second-order valence-electron chi connectivity index (χ2n) is 6.98. The molecule has 8 nitrogen and oxygen atoms in total. The zero-order valence-corrected chi connectivity index (χ0v) is 16.1. The van der Waals surface area contributed by atoms with Crippen LogP contribution in [0.4, 0.5) is 0 Å². The Morgan fingerprint density at radius 1 is 1.07 bits per heavy atom. The third-order valence-electron chi connectivity index (χ3n) is 4.82. The highest BCUT2D eigenvalue weighted by Gasteiger charge is 2.16. The number of carbonyl (C=O) groups excluding carboxylic acids is 2. The molecular formula is C20H28N4O4. The van der Waals surface area contributed by atoms with E-state index in [2.05, 4.69) is 10.5 Å². The summed E-state index contributed by atoms with van der Waals surface area (Å²) in [6.45, 7) is 4.88. The van der Waals surface area contributed by atoms with Crippen LogP contribution in [-0.2, 0) is 14.3 Å². The van der Waals surface area contributed by atoms with Crippen molar-refractivity contribution in [2.45, 2.75) is 19.3 Å². The van der Waals surface area contributed by atoms with Crippen LogP contribution in [0.3, 0.4) is 0 Å². The van der Waals surface area contributed by atoms with Gasteiger partial charge in [0.25, 0.3) is 11.8 Å². The highest BCUT2D eigenvalue weighted by atomic mass is 16.5. The summed E-state index contributed by atoms with van der Waals surface area (Å²) in [5.41, 5.74) is 3.37. The molecule has 0 bridgehead atoms. The molecule has 3 rings (SSSR count). The van der Waals surface area contributed by atoms with Crippen molar-refractivity contribution in [3.8, 4) is 5.75 Å². The number of hydrogen-bond donors (Lipinski definition) is 1. The molecule has 0 aliphatic carbocycles. The van der Waals surface area contributed by atoms with E-state index in [1.165, 1.54) is 6.42 Å². The number of morpholine rings is 1. The lowest BCUT2D eigenvalue weighted by Gasteiger charge is -2.26. The maximum atomic E-state index is 12.1. The van der Waals surface area contributed by atoms with Gasteiger partial charge in [0.05, 0.1) is 26.0 Å². The van der Waals surface area contributed by atoms with Gasteiger partial charge in [-0.25, -0.2) is 5.43 Å². The van der Waals surface area contributed by atoms with Crippen LogP contribution in [0, 0.1) is 0 Å². The number of nitrogens with one attached hydrogen (secondary N) is 1. The van der Waals surface area contributed by atoms with Crippen molar-refractivity contribution in [2.75, 3.05) is 52.5 Å². The van der Waals surface area contributed by atoms with Gasteiger partial charge in [0.1, 0.15) is 5.75 Å². The summed E-state index contributed by atoms with van der Waals surface area (Å²) in [6.07, 6.45) is 4.92. The highest BCUT2D eigenvalue weighted by Crippen LogP contribution is 2.13. The molecule has 0 spiro atoms. The van der Waals surface area contributed by atoms with Gasteiger partial charge in [-0.2, -0.15) is 5.10 Å². The molecule has 2 heterocycles. The average Bonchev–Trinajstić information content (AvgIpc) is 2.74. The molecule has 0 aromatic heterocycles. The third kappa shape index (κ3) is 6.61. The van der Waals surface area contributed by atoms with Crippen molar-refractivity contribution in [1.82, 2.24) is 15.2 Å². The number of benzene rings is 1. The van der Waals surface area contributed by atoms with E-state index in [-0.39, 0.29) is 18.4 Å². The summed E-state index contributed by atoms with van der Waals surface area (Å²) >= 11 is 0. The van der Waals surface area contributed by atoms with Crippen LogP contribution in [0.2, 0.25) is 0 Å². The Balaban J connectivity index is 1.37. The van der Waals surface area contributed by atoms with Gasteiger partial charge in [-0.1, -0.05) is 0 Å². The van der Waals surface area contributed by atoms with E-state index in [1.807, 2.05) is 21.9 Å². The minimum Gasteiger partial charge on any atom is -0.484 e. The van der Waals surface area contributed by atoms with E-state index < -0.39 is 0 Å². The smallest absolute Gasteiger partial charge is 0.260 e. The number of amides is 2. The summed E-state index contributed by atoms with van der Waals surface area (Å²) in [7, 11) is 0. The molecule has 8 heteroatoms. The van der Waals surface area contributed by atoms with Gasteiger partial charge in [-0.3, -0.25) is 14.5 Å². The molecule has 1 N–H and O–H groups in total. The Kier molecular flexibility index (Phi) is 7.81. The molecule has 0 unspecified atom stereocenters. The fourth-order valence-corrected chi connectivity index (χ4v) is 3.21. The van der Waals surface area contributed by atoms with Crippen molar-refractivity contribution < 1.29 is 19.1 Å². The fourth-order valence-electron chi connectivity index (χ4n) is 3.21. The van der Waals surface area contributed by atoms with Crippen molar-refractivity contribution in [2.24, 2.45) is 5.10 Å². The van der Waals surface area contributed by atoms with Crippen molar-refractivity contribution >= 4 is 18.0 Å². The molecule has 0 atom stereocenters. The molecule has 1 aromatic carbocycles. The molecule has 2 saturated heterocycles. The molecule has 2 aliphatic heterocycles. The monoisotopic (exact) mass is 388 g/mol. The predicted octanol–water partition coefficient (Wildman–Crippen LogP) is 0.860. The summed E-state index contributed by atoms with van der Waals surface area (Å²) < 4.78 is 10.8. The fraction of sp³-hybridized carbons (Fsp3) is 0.550. The summed E-state index contributed by atoms with van der Waals surface area (Å²) in [5.74, 6) is 0.529. The van der Waals surface area contributed by atoms with Crippen LogP contribution >= 0.6 is 0 Å². The van der Waals surface area contributed by atoms with E-state index in [0.717, 1.165) is 44.6 Å². The van der Waals surface area contributed by atoms with Gasteiger partial charge in [-0.15, -0.1) is 0 Å². The summed E-state index contributed by atoms with van der Waals surface area (Å²) in [5, 5.41) is 3.99. The summed E-state index contributed by atoms with van der Waals surface area (Å²) in [6, 6.07) is 7.25. The van der Waals surface area contributed by atoms with Crippen molar-refractivity contribution in [3.63, 3.8) is 0 Å². The van der Waals surface area contributed by atoms with Crippen molar-refractivity contribution in [3.05, 3.63) is 29.8 Å². The Morgan fingerprint density at radius 3 is 2.50 bits per heavy atom. The van der Waals surface area contributed by atoms with Gasteiger partial charge >= 0.3 is 0 Å². The predicted molar refractivity (Wildman–Crippen MR) is 105 cm³/mol. The Hall–Kier alpha value is -2.45. The molecule has 28 heavy (non-hydrogen) atoms. The number of piperidine rings is 1. The number of hydrogen-bond acceptors (Lipinski definition) is 6. The Labute approximate surface area is 165 Å². The van der Waals surface area contributed by atoms with Crippen LogP contribution in [0.1, 0.15) is 24.8 Å². The molecule has 0 radical (unpaired) electrons. The first kappa shape index (κ1) is 20.3. The highest BCUT2D eigenvalue weighted by molar-refractivity contribution is 5.83. The zero-order valence-electron chi connectivity index (χ0n) is 16.1. The quantitative estimate of drug-likeness (QED) is 0.553. The van der Waals surface area contributed by atoms with Crippen LogP contribution in [0.5, 0.6) is 5.75 Å². The third-order valence-corrected chi connectivity index (χ3v) is 4.82. The van der Waals surface area contributed by atoms with E-state index >= 15 is 0 Å². The minimum atomic E-state index is -0.144. The van der Waals surface area contributed by atoms with Crippen LogP contribution in [0.15, 0.2) is 29.4 Å². The van der Waals surface area contributed by atoms with Gasteiger partial charge in [-0.05, 0) is 49.1 Å². The van der Waals surface area contributed by atoms with E-state index in [4.69, 9.17) is 9.47 Å². The van der Waals surface area contributed by atoms with Gasteiger partial charge in [0.2, 0.25) is 0 Å². The maximum Gasteiger partial charge on any atom is 0.260 e. The number of rotatable bonds is 7. The first-order valence-electron chi connectivity index (χ1n) is 9.83. The molecule has 1 aromatic rings. The lowest BCUT2D eigenvalue weighted by atomic mass is 10.1. The number of carbonyl (C=O) groups is 2. The molecule has 2 aliphatic rings. The first-order chi connectivity index (χ1) is 13.7. The van der Waals surface area contributed by atoms with Gasteiger partial charge < -0.3 is 14.4 Å². The number of ether oxygens (including phenoxy) is 2. The lowest BCUT2D eigenvalue weighted by molar-refractivity contribution is -0.134. The zero-order chi connectivity index (χ0) is 19.6. The standard InChI is InChI=1S/C20H28N4O4/c25-19(15-23-10-12-27-13-11-23)22-21-14-17-4-6-18(7-5-17)28-16-20(26)24-8-2-1-3-9-24/h4-7,14H,1-3,8-13,15-16H2,(H,22,25)/b21-14-. The minimum absolute atomic E-state index is 0.0355. The summed E-state index contributed by atoms with van der Waals surface area (Å²) in [4.78, 5) is 27.9. The van der Waals surface area contributed by atoms with Crippen LogP contribution in [0.25, 0.3) is 0 Å².